The lowest BCUT2D eigenvalue weighted by Crippen LogP contribution is -2.36. The molecule has 0 fully saturated rings. The summed E-state index contributed by atoms with van der Waals surface area (Å²) in [4.78, 5) is 25.5. The normalized spacial score (nSPS) is 10.1. The molecular formula is C18H19FN2O4. The second kappa shape index (κ2) is 8.14. The fourth-order valence-corrected chi connectivity index (χ4v) is 2.28. The Bertz CT molecular complexity index is 779. The fraction of sp³-hybridized carbons (Fsp3) is 0.222. The van der Waals surface area contributed by atoms with Gasteiger partial charge >= 0.3 is 0 Å². The SMILES string of the molecule is COc1ccc(N(CC(=O)Nc2cccc(F)c2)C(C)=O)c(OC)c1. The van der Waals surface area contributed by atoms with Crippen molar-refractivity contribution in [1.82, 2.24) is 0 Å². The number of carbonyl (C=O) groups excluding carboxylic acids is 2. The molecule has 0 aromatic heterocycles. The van der Waals surface area contributed by atoms with Crippen molar-refractivity contribution in [3.63, 3.8) is 0 Å². The summed E-state index contributed by atoms with van der Waals surface area (Å²) in [7, 11) is 2.98. The Kier molecular flexibility index (Phi) is 5.94. The van der Waals surface area contributed by atoms with Crippen LogP contribution in [0, 0.1) is 5.82 Å². The lowest BCUT2D eigenvalue weighted by atomic mass is 10.2. The number of halogens is 1. The van der Waals surface area contributed by atoms with Crippen molar-refractivity contribution >= 4 is 23.2 Å². The number of ether oxygens (including phenoxy) is 2. The average molecular weight is 346 g/mol. The monoisotopic (exact) mass is 346 g/mol. The number of amides is 2. The summed E-state index contributed by atoms with van der Waals surface area (Å²) >= 11 is 0. The van der Waals surface area contributed by atoms with Crippen molar-refractivity contribution in [2.24, 2.45) is 0 Å². The van der Waals surface area contributed by atoms with Crippen LogP contribution in [0.5, 0.6) is 11.5 Å². The molecule has 2 aromatic carbocycles. The molecule has 0 aliphatic carbocycles. The van der Waals surface area contributed by atoms with E-state index in [4.69, 9.17) is 9.47 Å². The van der Waals surface area contributed by atoms with Crippen LogP contribution in [-0.4, -0.2) is 32.6 Å². The molecule has 6 nitrogen and oxygen atoms in total. The van der Waals surface area contributed by atoms with E-state index in [1.54, 1.807) is 24.3 Å². The van der Waals surface area contributed by atoms with Crippen LogP contribution in [0.2, 0.25) is 0 Å². The Morgan fingerprint density at radius 2 is 1.88 bits per heavy atom. The van der Waals surface area contributed by atoms with Gasteiger partial charge in [0, 0.05) is 18.7 Å². The van der Waals surface area contributed by atoms with Crippen LogP contribution in [0.1, 0.15) is 6.92 Å². The van der Waals surface area contributed by atoms with Gasteiger partial charge in [0.15, 0.2) is 0 Å². The first-order valence-corrected chi connectivity index (χ1v) is 7.50. The topological polar surface area (TPSA) is 67.9 Å². The van der Waals surface area contributed by atoms with Gasteiger partial charge in [-0.1, -0.05) is 6.07 Å². The van der Waals surface area contributed by atoms with Crippen LogP contribution in [0.25, 0.3) is 0 Å². The zero-order valence-corrected chi connectivity index (χ0v) is 14.2. The summed E-state index contributed by atoms with van der Waals surface area (Å²) in [6, 6.07) is 10.4. The van der Waals surface area contributed by atoms with Gasteiger partial charge in [-0.3, -0.25) is 14.5 Å². The molecule has 0 spiro atoms. The minimum Gasteiger partial charge on any atom is -0.497 e. The second-order valence-electron chi connectivity index (χ2n) is 5.20. The Hall–Kier alpha value is -3.09. The third-order valence-electron chi connectivity index (χ3n) is 3.47. The van der Waals surface area contributed by atoms with E-state index in [9.17, 15) is 14.0 Å². The third-order valence-corrected chi connectivity index (χ3v) is 3.47. The van der Waals surface area contributed by atoms with Crippen LogP contribution >= 0.6 is 0 Å². The number of benzene rings is 2. The molecular weight excluding hydrogens is 327 g/mol. The molecule has 0 aliphatic rings. The molecule has 0 saturated carbocycles. The van der Waals surface area contributed by atoms with Gasteiger partial charge in [0.05, 0.1) is 19.9 Å². The van der Waals surface area contributed by atoms with Crippen molar-refractivity contribution in [3.05, 3.63) is 48.3 Å². The van der Waals surface area contributed by atoms with Gasteiger partial charge in [0.1, 0.15) is 23.9 Å². The summed E-state index contributed by atoms with van der Waals surface area (Å²) in [5.41, 5.74) is 0.750. The molecule has 1 N–H and O–H groups in total. The number of hydrogen-bond donors (Lipinski definition) is 1. The number of hydrogen-bond acceptors (Lipinski definition) is 4. The van der Waals surface area contributed by atoms with E-state index >= 15 is 0 Å². The summed E-state index contributed by atoms with van der Waals surface area (Å²) in [5, 5.41) is 2.56. The standard InChI is InChI=1S/C18H19FN2O4/c1-12(22)21(16-8-7-15(24-2)10-17(16)25-3)11-18(23)20-14-6-4-5-13(19)9-14/h4-10H,11H2,1-3H3,(H,20,23). The molecule has 0 bridgehead atoms. The van der Waals surface area contributed by atoms with Gasteiger partial charge in [0.25, 0.3) is 0 Å². The highest BCUT2D eigenvalue weighted by atomic mass is 19.1. The Morgan fingerprint density at radius 3 is 2.48 bits per heavy atom. The van der Waals surface area contributed by atoms with Crippen molar-refractivity contribution < 1.29 is 23.5 Å². The van der Waals surface area contributed by atoms with E-state index < -0.39 is 11.7 Å². The molecule has 0 heterocycles. The van der Waals surface area contributed by atoms with Gasteiger partial charge in [-0.05, 0) is 30.3 Å². The molecule has 132 valence electrons. The first-order valence-electron chi connectivity index (χ1n) is 7.50. The van der Waals surface area contributed by atoms with Crippen molar-refractivity contribution in [2.75, 3.05) is 31.0 Å². The lowest BCUT2D eigenvalue weighted by Gasteiger charge is -2.23. The molecule has 2 amide bonds. The van der Waals surface area contributed by atoms with Crippen LogP contribution in [0.3, 0.4) is 0 Å². The number of nitrogens with zero attached hydrogens (tertiary/aromatic N) is 1. The average Bonchev–Trinajstić information content (AvgIpc) is 2.59. The molecule has 2 aromatic rings. The third kappa shape index (κ3) is 4.69. The van der Waals surface area contributed by atoms with E-state index in [0.717, 1.165) is 0 Å². The van der Waals surface area contributed by atoms with Crippen molar-refractivity contribution in [1.29, 1.82) is 0 Å². The van der Waals surface area contributed by atoms with E-state index in [2.05, 4.69) is 5.32 Å². The molecule has 7 heteroatoms. The van der Waals surface area contributed by atoms with Crippen LogP contribution in [-0.2, 0) is 9.59 Å². The smallest absolute Gasteiger partial charge is 0.244 e. The van der Waals surface area contributed by atoms with Gasteiger partial charge in [0.2, 0.25) is 11.8 Å². The van der Waals surface area contributed by atoms with Crippen molar-refractivity contribution in [3.8, 4) is 11.5 Å². The first kappa shape index (κ1) is 18.3. The minimum atomic E-state index is -0.460. The zero-order valence-electron chi connectivity index (χ0n) is 14.2. The van der Waals surface area contributed by atoms with Gasteiger partial charge in [-0.25, -0.2) is 4.39 Å². The quantitative estimate of drug-likeness (QED) is 0.873. The highest BCUT2D eigenvalue weighted by molar-refractivity contribution is 6.02. The van der Waals surface area contributed by atoms with Crippen LogP contribution < -0.4 is 19.7 Å². The van der Waals surface area contributed by atoms with E-state index in [-0.39, 0.29) is 12.5 Å². The maximum Gasteiger partial charge on any atom is 0.244 e. The lowest BCUT2D eigenvalue weighted by molar-refractivity contribution is -0.120. The summed E-state index contributed by atoms with van der Waals surface area (Å²) in [5.74, 6) is -0.295. The number of carbonyl (C=O) groups is 2. The van der Waals surface area contributed by atoms with E-state index in [0.29, 0.717) is 22.9 Å². The van der Waals surface area contributed by atoms with Crippen LogP contribution in [0.15, 0.2) is 42.5 Å². The van der Waals surface area contributed by atoms with Crippen LogP contribution in [0.4, 0.5) is 15.8 Å². The van der Waals surface area contributed by atoms with Gasteiger partial charge in [-0.2, -0.15) is 0 Å². The largest absolute Gasteiger partial charge is 0.497 e. The minimum absolute atomic E-state index is 0.242. The van der Waals surface area contributed by atoms with Gasteiger partial charge < -0.3 is 14.8 Å². The molecule has 2 rings (SSSR count). The first-order chi connectivity index (χ1) is 11.9. The maximum atomic E-state index is 13.2. The number of methoxy groups -OCH3 is 2. The van der Waals surface area contributed by atoms with Gasteiger partial charge in [-0.15, -0.1) is 0 Å². The maximum absolute atomic E-state index is 13.2. The number of anilines is 2. The molecule has 0 aliphatic heterocycles. The summed E-state index contributed by atoms with van der Waals surface area (Å²) < 4.78 is 23.6. The molecule has 25 heavy (non-hydrogen) atoms. The predicted molar refractivity (Wildman–Crippen MR) is 92.6 cm³/mol. The molecule has 0 unspecified atom stereocenters. The zero-order chi connectivity index (χ0) is 18.4. The fourth-order valence-electron chi connectivity index (χ4n) is 2.28. The number of nitrogens with one attached hydrogen (secondary N) is 1. The number of rotatable bonds is 6. The molecule has 0 radical (unpaired) electrons. The summed E-state index contributed by atoms with van der Waals surface area (Å²) in [6.07, 6.45) is 0. The second-order valence-corrected chi connectivity index (χ2v) is 5.20. The molecule has 0 saturated heterocycles. The Balaban J connectivity index is 2.21. The Morgan fingerprint density at radius 1 is 1.12 bits per heavy atom. The van der Waals surface area contributed by atoms with E-state index in [1.165, 1.54) is 44.2 Å². The molecule has 0 atom stereocenters. The highest BCUT2D eigenvalue weighted by Gasteiger charge is 2.20. The summed E-state index contributed by atoms with van der Waals surface area (Å²) in [6.45, 7) is 1.10. The predicted octanol–water partition coefficient (Wildman–Crippen LogP) is 2.83. The van der Waals surface area contributed by atoms with E-state index in [1.807, 2.05) is 0 Å². The highest BCUT2D eigenvalue weighted by Crippen LogP contribution is 2.32. The van der Waals surface area contributed by atoms with Crippen molar-refractivity contribution in [2.45, 2.75) is 6.92 Å². The Labute approximate surface area is 145 Å².